The first-order valence-corrected chi connectivity index (χ1v) is 25.3. The predicted molar refractivity (Wildman–Crippen MR) is 307 cm³/mol. The molecule has 342 valence electrons. The van der Waals surface area contributed by atoms with Gasteiger partial charge in [0.2, 0.25) is 0 Å². The van der Waals surface area contributed by atoms with Crippen LogP contribution in [0.2, 0.25) is 0 Å². The minimum Gasteiger partial charge on any atom is -0.309 e. The lowest BCUT2D eigenvalue weighted by Gasteiger charge is -2.35. The van der Waals surface area contributed by atoms with Crippen LogP contribution >= 0.6 is 0 Å². The van der Waals surface area contributed by atoms with Gasteiger partial charge in [-0.05, 0) is 103 Å². The van der Waals surface area contributed by atoms with Crippen molar-refractivity contribution in [3.63, 3.8) is 0 Å². The monoisotopic (exact) mass is 928 g/mol. The third-order valence-corrected chi connectivity index (χ3v) is 15.3. The molecular weight excluding hydrogens is 881 g/mol. The van der Waals surface area contributed by atoms with Crippen LogP contribution in [0.15, 0.2) is 291 Å². The second-order valence-corrected chi connectivity index (χ2v) is 19.1. The van der Waals surface area contributed by atoms with Gasteiger partial charge in [0.15, 0.2) is 0 Å². The highest BCUT2D eigenvalue weighted by Crippen LogP contribution is 2.60. The van der Waals surface area contributed by atoms with Crippen LogP contribution in [-0.2, 0) is 5.41 Å². The average molecular weight is 929 g/mol. The van der Waals surface area contributed by atoms with Gasteiger partial charge in [-0.2, -0.15) is 0 Å². The van der Waals surface area contributed by atoms with E-state index < -0.39 is 5.41 Å². The minimum atomic E-state index is -0.583. The third-order valence-electron chi connectivity index (χ3n) is 15.3. The van der Waals surface area contributed by atoms with Crippen LogP contribution in [0.3, 0.4) is 0 Å². The van der Waals surface area contributed by atoms with Crippen LogP contribution in [0.25, 0.3) is 82.8 Å². The molecule has 14 rings (SSSR count). The van der Waals surface area contributed by atoms with Crippen LogP contribution in [0.4, 0.5) is 17.1 Å². The molecule has 0 saturated heterocycles. The zero-order valence-corrected chi connectivity index (χ0v) is 40.1. The van der Waals surface area contributed by atoms with Crippen molar-refractivity contribution in [2.75, 3.05) is 4.90 Å². The van der Waals surface area contributed by atoms with Gasteiger partial charge in [-0.1, -0.05) is 249 Å². The standard InChI is InChI=1S/C71H48N2/c1-5-25-49(26-6-1)54-39-21-27-50-28-22-40-57(68(50)54)55-35-14-18-44-63(55)73(64-45-19-15-36-56(64)58-41-23-47-66-69(58)60-38-16-20-46-65(60)72(66)53-33-11-4-12-34-53)67-48-24-43-62-70(67)59-37-13-17-42-61(59)71(62,51-29-7-2-8-30-51)52-31-9-3-10-32-52/h1-48H. The molecule has 0 N–H and O–H groups in total. The van der Waals surface area contributed by atoms with Gasteiger partial charge in [-0.25, -0.2) is 0 Å². The van der Waals surface area contributed by atoms with Crippen LogP contribution in [0, 0.1) is 0 Å². The maximum Gasteiger partial charge on any atom is 0.0714 e. The average Bonchev–Trinajstić information content (AvgIpc) is 3.98. The molecule has 1 heterocycles. The second kappa shape index (κ2) is 17.4. The van der Waals surface area contributed by atoms with Gasteiger partial charge in [0.1, 0.15) is 0 Å². The first-order valence-electron chi connectivity index (χ1n) is 25.3. The fraction of sp³-hybridized carbons (Fsp3) is 0.0141. The fourth-order valence-electron chi connectivity index (χ4n) is 12.4. The Bertz CT molecular complexity index is 4150. The number of nitrogens with zero attached hydrogens (tertiary/aromatic N) is 2. The van der Waals surface area contributed by atoms with E-state index in [0.29, 0.717) is 0 Å². The van der Waals surface area contributed by atoms with Crippen LogP contribution in [-0.4, -0.2) is 4.57 Å². The van der Waals surface area contributed by atoms with Gasteiger partial charge in [0, 0.05) is 33.2 Å². The Hall–Kier alpha value is -9.50. The molecule has 0 unspecified atom stereocenters. The summed E-state index contributed by atoms with van der Waals surface area (Å²) in [6, 6.07) is 107. The Morgan fingerprint density at radius 1 is 0.288 bits per heavy atom. The van der Waals surface area contributed by atoms with Crippen LogP contribution < -0.4 is 4.90 Å². The number of benzene rings is 12. The van der Waals surface area contributed by atoms with Crippen molar-refractivity contribution >= 4 is 49.6 Å². The van der Waals surface area contributed by atoms with Gasteiger partial charge in [-0.3, -0.25) is 0 Å². The Balaban J connectivity index is 1.11. The maximum absolute atomic E-state index is 2.59. The van der Waals surface area contributed by atoms with Crippen molar-refractivity contribution in [1.82, 2.24) is 4.57 Å². The molecule has 2 heteroatoms. The summed E-state index contributed by atoms with van der Waals surface area (Å²) in [6.45, 7) is 0. The summed E-state index contributed by atoms with van der Waals surface area (Å²) >= 11 is 0. The van der Waals surface area contributed by atoms with E-state index in [4.69, 9.17) is 0 Å². The number of anilines is 3. The molecule has 0 saturated carbocycles. The van der Waals surface area contributed by atoms with Crippen LogP contribution in [0.5, 0.6) is 0 Å². The fourth-order valence-corrected chi connectivity index (χ4v) is 12.4. The lowest BCUT2D eigenvalue weighted by atomic mass is 9.68. The topological polar surface area (TPSA) is 8.17 Å². The lowest BCUT2D eigenvalue weighted by molar-refractivity contribution is 0.768. The van der Waals surface area contributed by atoms with E-state index in [1.807, 2.05) is 0 Å². The first kappa shape index (κ1) is 42.4. The molecule has 0 fully saturated rings. The highest BCUT2D eigenvalue weighted by Gasteiger charge is 2.47. The van der Waals surface area contributed by atoms with Gasteiger partial charge in [-0.15, -0.1) is 0 Å². The number of hydrogen-bond acceptors (Lipinski definition) is 1. The van der Waals surface area contributed by atoms with E-state index in [0.717, 1.165) is 33.9 Å². The molecule has 0 radical (unpaired) electrons. The molecule has 0 atom stereocenters. The summed E-state index contributed by atoms with van der Waals surface area (Å²) in [5, 5.41) is 4.87. The quantitative estimate of drug-likeness (QED) is 0.140. The molecular formula is C71H48N2. The normalized spacial score (nSPS) is 12.5. The number of hydrogen-bond donors (Lipinski definition) is 0. The highest BCUT2D eigenvalue weighted by atomic mass is 15.2. The molecule has 73 heavy (non-hydrogen) atoms. The van der Waals surface area contributed by atoms with E-state index in [2.05, 4.69) is 301 Å². The third kappa shape index (κ3) is 6.58. The zero-order chi connectivity index (χ0) is 48.3. The van der Waals surface area contributed by atoms with E-state index >= 15 is 0 Å². The Kier molecular flexibility index (Phi) is 10.1. The molecule has 0 aliphatic heterocycles. The highest BCUT2D eigenvalue weighted by molar-refractivity contribution is 6.17. The summed E-state index contributed by atoms with van der Waals surface area (Å²) in [5.74, 6) is 0. The minimum absolute atomic E-state index is 0.583. The molecule has 2 nitrogen and oxygen atoms in total. The van der Waals surface area contributed by atoms with Gasteiger partial charge >= 0.3 is 0 Å². The van der Waals surface area contributed by atoms with Crippen molar-refractivity contribution in [2.45, 2.75) is 5.41 Å². The molecule has 1 aromatic heterocycles. The maximum atomic E-state index is 2.59. The van der Waals surface area contributed by atoms with E-state index in [1.165, 1.54) is 88.2 Å². The van der Waals surface area contributed by atoms with Crippen molar-refractivity contribution in [3.05, 3.63) is 313 Å². The molecule has 0 spiro atoms. The molecule has 13 aromatic rings. The summed E-state index contributed by atoms with van der Waals surface area (Å²) in [6.07, 6.45) is 0. The van der Waals surface area contributed by atoms with E-state index in [9.17, 15) is 0 Å². The lowest BCUT2D eigenvalue weighted by Crippen LogP contribution is -2.28. The summed E-state index contributed by atoms with van der Waals surface area (Å²) in [5.41, 5.74) is 20.7. The van der Waals surface area contributed by atoms with Gasteiger partial charge in [0.25, 0.3) is 0 Å². The molecule has 0 bridgehead atoms. The zero-order valence-electron chi connectivity index (χ0n) is 40.1. The molecule has 1 aliphatic carbocycles. The Morgan fingerprint density at radius 2 is 0.740 bits per heavy atom. The summed E-state index contributed by atoms with van der Waals surface area (Å²) in [4.78, 5) is 2.59. The van der Waals surface area contributed by atoms with Crippen molar-refractivity contribution in [2.24, 2.45) is 0 Å². The summed E-state index contributed by atoms with van der Waals surface area (Å²) in [7, 11) is 0. The number of aromatic nitrogens is 1. The largest absolute Gasteiger partial charge is 0.309 e. The van der Waals surface area contributed by atoms with Gasteiger partial charge < -0.3 is 9.47 Å². The summed E-state index contributed by atoms with van der Waals surface area (Å²) < 4.78 is 2.42. The molecule has 0 amide bonds. The number of fused-ring (bicyclic) bond motifs is 7. The second-order valence-electron chi connectivity index (χ2n) is 19.1. The van der Waals surface area contributed by atoms with Gasteiger partial charge in [0.05, 0.1) is 33.5 Å². The number of rotatable bonds is 9. The van der Waals surface area contributed by atoms with Crippen molar-refractivity contribution in [1.29, 1.82) is 0 Å². The molecule has 12 aromatic carbocycles. The number of para-hydroxylation sites is 4. The van der Waals surface area contributed by atoms with E-state index in [1.54, 1.807) is 0 Å². The Morgan fingerprint density at radius 3 is 1.41 bits per heavy atom. The smallest absolute Gasteiger partial charge is 0.0714 e. The predicted octanol–water partition coefficient (Wildman–Crippen LogP) is 18.8. The van der Waals surface area contributed by atoms with Crippen molar-refractivity contribution < 1.29 is 0 Å². The molecule has 1 aliphatic rings. The Labute approximate surface area is 426 Å². The van der Waals surface area contributed by atoms with Crippen molar-refractivity contribution in [3.8, 4) is 50.2 Å². The van der Waals surface area contributed by atoms with Crippen LogP contribution in [0.1, 0.15) is 22.3 Å². The first-order chi connectivity index (χ1) is 36.3. The van der Waals surface area contributed by atoms with E-state index in [-0.39, 0.29) is 0 Å². The SMILES string of the molecule is c1ccc(-c2cccc3cccc(-c4ccccc4N(c4ccccc4-c4cccc5c4c4ccccc4n5-c4ccccc4)c4cccc5c4-c4ccccc4C5(c4ccccc4)c4ccccc4)c23)cc1.